The molecule has 0 spiro atoms. The summed E-state index contributed by atoms with van der Waals surface area (Å²) in [6.45, 7) is 1.85. The standard InChI is InChI=1S/C12H11NO4S/c1-7(10-3-2-4-18-10)13-11(14)9-5-8(6-17-9)12(15)16/h2-7H,1H3,(H,13,14)(H,15,16). The summed E-state index contributed by atoms with van der Waals surface area (Å²) >= 11 is 1.54. The summed E-state index contributed by atoms with van der Waals surface area (Å²) in [7, 11) is 0. The van der Waals surface area contributed by atoms with Crippen molar-refractivity contribution in [3.63, 3.8) is 0 Å². The molecular formula is C12H11NO4S. The van der Waals surface area contributed by atoms with E-state index in [4.69, 9.17) is 9.52 Å². The van der Waals surface area contributed by atoms with Crippen molar-refractivity contribution in [2.75, 3.05) is 0 Å². The summed E-state index contributed by atoms with van der Waals surface area (Å²) in [5.74, 6) is -1.55. The largest absolute Gasteiger partial charge is 0.478 e. The number of aromatic carboxylic acids is 1. The van der Waals surface area contributed by atoms with Crippen LogP contribution in [0.5, 0.6) is 0 Å². The van der Waals surface area contributed by atoms with E-state index in [9.17, 15) is 9.59 Å². The van der Waals surface area contributed by atoms with Gasteiger partial charge in [-0.15, -0.1) is 11.3 Å². The number of nitrogens with one attached hydrogen (secondary N) is 1. The summed E-state index contributed by atoms with van der Waals surface area (Å²) in [6.07, 6.45) is 1.05. The van der Waals surface area contributed by atoms with Crippen molar-refractivity contribution >= 4 is 23.2 Å². The van der Waals surface area contributed by atoms with Crippen molar-refractivity contribution < 1.29 is 19.1 Å². The summed E-state index contributed by atoms with van der Waals surface area (Å²) in [4.78, 5) is 23.5. The summed E-state index contributed by atoms with van der Waals surface area (Å²) in [6, 6.07) is 4.88. The second-order valence-corrected chi connectivity index (χ2v) is 4.69. The lowest BCUT2D eigenvalue weighted by molar-refractivity contribution is 0.0695. The number of amides is 1. The van der Waals surface area contributed by atoms with Gasteiger partial charge in [0.05, 0.1) is 11.6 Å². The third kappa shape index (κ3) is 2.60. The van der Waals surface area contributed by atoms with Gasteiger partial charge in [0.25, 0.3) is 5.91 Å². The van der Waals surface area contributed by atoms with Crippen molar-refractivity contribution in [3.8, 4) is 0 Å². The lowest BCUT2D eigenvalue weighted by atomic mass is 10.2. The van der Waals surface area contributed by atoms with Crippen LogP contribution in [0.4, 0.5) is 0 Å². The molecule has 0 radical (unpaired) electrons. The van der Waals surface area contributed by atoms with Crippen LogP contribution in [0.3, 0.4) is 0 Å². The molecule has 2 rings (SSSR count). The number of thiophene rings is 1. The van der Waals surface area contributed by atoms with E-state index in [2.05, 4.69) is 5.32 Å². The van der Waals surface area contributed by atoms with Gasteiger partial charge in [-0.1, -0.05) is 6.07 Å². The molecule has 1 amide bonds. The van der Waals surface area contributed by atoms with E-state index in [1.165, 1.54) is 17.4 Å². The van der Waals surface area contributed by atoms with Crippen LogP contribution in [0, 0.1) is 0 Å². The summed E-state index contributed by atoms with van der Waals surface area (Å²) in [5.41, 5.74) is -0.0380. The average molecular weight is 265 g/mol. The minimum Gasteiger partial charge on any atom is -0.478 e. The Hall–Kier alpha value is -2.08. The van der Waals surface area contributed by atoms with Gasteiger partial charge in [-0.3, -0.25) is 4.79 Å². The van der Waals surface area contributed by atoms with E-state index in [1.54, 1.807) is 0 Å². The molecule has 2 heterocycles. The highest BCUT2D eigenvalue weighted by atomic mass is 32.1. The van der Waals surface area contributed by atoms with Crippen LogP contribution >= 0.6 is 11.3 Å². The molecule has 6 heteroatoms. The number of carboxylic acid groups (broad SMARTS) is 1. The van der Waals surface area contributed by atoms with E-state index in [1.807, 2.05) is 24.4 Å². The van der Waals surface area contributed by atoms with E-state index < -0.39 is 11.9 Å². The zero-order chi connectivity index (χ0) is 13.1. The third-order valence-corrected chi connectivity index (χ3v) is 3.44. The highest BCUT2D eigenvalue weighted by Crippen LogP contribution is 2.19. The van der Waals surface area contributed by atoms with Crippen molar-refractivity contribution in [2.45, 2.75) is 13.0 Å². The van der Waals surface area contributed by atoms with Gasteiger partial charge < -0.3 is 14.8 Å². The van der Waals surface area contributed by atoms with Gasteiger partial charge in [-0.2, -0.15) is 0 Å². The van der Waals surface area contributed by atoms with E-state index in [0.29, 0.717) is 0 Å². The van der Waals surface area contributed by atoms with Crippen LogP contribution in [0.15, 0.2) is 34.3 Å². The zero-order valence-electron chi connectivity index (χ0n) is 9.54. The first-order chi connectivity index (χ1) is 8.58. The van der Waals surface area contributed by atoms with Crippen molar-refractivity contribution in [3.05, 3.63) is 46.0 Å². The Labute approximate surface area is 107 Å². The number of rotatable bonds is 4. The molecule has 18 heavy (non-hydrogen) atoms. The lowest BCUT2D eigenvalue weighted by Crippen LogP contribution is -2.25. The number of carbonyl (C=O) groups is 2. The molecule has 0 bridgehead atoms. The molecule has 0 aliphatic rings. The summed E-state index contributed by atoms with van der Waals surface area (Å²) < 4.78 is 4.92. The topological polar surface area (TPSA) is 79.5 Å². The first kappa shape index (κ1) is 12.4. The predicted octanol–water partition coefficient (Wildman–Crippen LogP) is 2.53. The Balaban J connectivity index is 2.05. The van der Waals surface area contributed by atoms with Gasteiger partial charge in [-0.25, -0.2) is 4.79 Å². The van der Waals surface area contributed by atoms with Crippen LogP contribution < -0.4 is 5.32 Å². The Morgan fingerprint density at radius 3 is 2.83 bits per heavy atom. The van der Waals surface area contributed by atoms with Crippen LogP contribution in [-0.2, 0) is 0 Å². The van der Waals surface area contributed by atoms with Gasteiger partial charge >= 0.3 is 5.97 Å². The molecular weight excluding hydrogens is 254 g/mol. The van der Waals surface area contributed by atoms with E-state index >= 15 is 0 Å². The fraction of sp³-hybridized carbons (Fsp3) is 0.167. The first-order valence-corrected chi connectivity index (χ1v) is 6.12. The molecule has 0 fully saturated rings. The second kappa shape index (κ2) is 5.05. The van der Waals surface area contributed by atoms with E-state index in [-0.39, 0.29) is 17.4 Å². The Morgan fingerprint density at radius 2 is 2.28 bits per heavy atom. The number of carbonyl (C=O) groups excluding carboxylic acids is 1. The molecule has 0 saturated carbocycles. The molecule has 0 saturated heterocycles. The first-order valence-electron chi connectivity index (χ1n) is 5.24. The van der Waals surface area contributed by atoms with Gasteiger partial charge in [0.2, 0.25) is 0 Å². The van der Waals surface area contributed by atoms with Gasteiger partial charge in [-0.05, 0) is 18.4 Å². The van der Waals surface area contributed by atoms with E-state index in [0.717, 1.165) is 11.1 Å². The molecule has 2 aromatic rings. The molecule has 1 unspecified atom stereocenters. The quantitative estimate of drug-likeness (QED) is 0.890. The smallest absolute Gasteiger partial charge is 0.338 e. The Morgan fingerprint density at radius 1 is 1.50 bits per heavy atom. The number of hydrogen-bond donors (Lipinski definition) is 2. The monoisotopic (exact) mass is 265 g/mol. The maximum Gasteiger partial charge on any atom is 0.338 e. The molecule has 0 aliphatic heterocycles. The molecule has 2 aromatic heterocycles. The molecule has 0 aromatic carbocycles. The van der Waals surface area contributed by atoms with Crippen LogP contribution in [0.1, 0.15) is 38.8 Å². The van der Waals surface area contributed by atoms with Gasteiger partial charge in [0, 0.05) is 10.9 Å². The maximum absolute atomic E-state index is 11.8. The fourth-order valence-corrected chi connectivity index (χ4v) is 2.18. The molecule has 94 valence electrons. The zero-order valence-corrected chi connectivity index (χ0v) is 10.4. The Bertz CT molecular complexity index is 558. The number of carboxylic acids is 1. The van der Waals surface area contributed by atoms with Crippen LogP contribution in [-0.4, -0.2) is 17.0 Å². The second-order valence-electron chi connectivity index (χ2n) is 3.72. The maximum atomic E-state index is 11.8. The highest BCUT2D eigenvalue weighted by Gasteiger charge is 2.17. The Kier molecular flexibility index (Phi) is 3.47. The van der Waals surface area contributed by atoms with Crippen LogP contribution in [0.2, 0.25) is 0 Å². The molecule has 1 atom stereocenters. The minimum absolute atomic E-state index is 0.00388. The lowest BCUT2D eigenvalue weighted by Gasteiger charge is -2.10. The predicted molar refractivity (Wildman–Crippen MR) is 65.9 cm³/mol. The third-order valence-electron chi connectivity index (χ3n) is 2.39. The highest BCUT2D eigenvalue weighted by molar-refractivity contribution is 7.10. The van der Waals surface area contributed by atoms with Crippen LogP contribution in [0.25, 0.3) is 0 Å². The molecule has 2 N–H and O–H groups in total. The number of furan rings is 1. The van der Waals surface area contributed by atoms with Crippen molar-refractivity contribution in [2.24, 2.45) is 0 Å². The average Bonchev–Trinajstić information content (AvgIpc) is 3.00. The minimum atomic E-state index is -1.12. The SMILES string of the molecule is CC(NC(=O)c1cc(C(=O)O)co1)c1cccs1. The van der Waals surface area contributed by atoms with Gasteiger partial charge in [0.15, 0.2) is 5.76 Å². The number of hydrogen-bond acceptors (Lipinski definition) is 4. The van der Waals surface area contributed by atoms with Crippen molar-refractivity contribution in [1.82, 2.24) is 5.32 Å². The molecule has 0 aliphatic carbocycles. The fourth-order valence-electron chi connectivity index (χ4n) is 1.44. The van der Waals surface area contributed by atoms with Gasteiger partial charge in [0.1, 0.15) is 6.26 Å². The normalized spacial score (nSPS) is 12.1. The van der Waals surface area contributed by atoms with Crippen molar-refractivity contribution in [1.29, 1.82) is 0 Å². The molecule has 5 nitrogen and oxygen atoms in total. The summed E-state index contributed by atoms with van der Waals surface area (Å²) in [5, 5.41) is 13.4.